The van der Waals surface area contributed by atoms with Gasteiger partial charge in [-0.3, -0.25) is 20.4 Å². The zero-order valence-corrected chi connectivity index (χ0v) is 15.7. The smallest absolute Gasteiger partial charge is 0.279 e. The molecule has 0 saturated carbocycles. The largest absolute Gasteiger partial charge is 0.497 e. The summed E-state index contributed by atoms with van der Waals surface area (Å²) in [5.41, 5.74) is 5.12. The molecule has 2 amide bonds. The van der Waals surface area contributed by atoms with E-state index in [1.807, 2.05) is 0 Å². The predicted molar refractivity (Wildman–Crippen MR) is 101 cm³/mol. The lowest BCUT2D eigenvalue weighted by atomic mass is 10.2. The van der Waals surface area contributed by atoms with Gasteiger partial charge in [0.25, 0.3) is 11.8 Å². The van der Waals surface area contributed by atoms with E-state index in [0.717, 1.165) is 0 Å². The predicted octanol–water partition coefficient (Wildman–Crippen LogP) is 2.47. The van der Waals surface area contributed by atoms with Crippen LogP contribution in [0.2, 0.25) is 0 Å². The van der Waals surface area contributed by atoms with Crippen LogP contribution in [0.25, 0.3) is 6.08 Å². The molecule has 0 radical (unpaired) electrons. The lowest BCUT2D eigenvalue weighted by molar-refractivity contribution is -0.131. The van der Waals surface area contributed by atoms with Gasteiger partial charge in [-0.05, 0) is 42.8 Å². The number of benzene rings is 2. The number of carbonyl (C=O) groups is 2. The summed E-state index contributed by atoms with van der Waals surface area (Å²) >= 11 is 0. The summed E-state index contributed by atoms with van der Waals surface area (Å²) in [4.78, 5) is 23.9. The van der Waals surface area contributed by atoms with E-state index in [1.54, 1.807) is 24.3 Å². The minimum Gasteiger partial charge on any atom is -0.497 e. The monoisotopic (exact) mass is 388 g/mol. The first-order valence-corrected chi connectivity index (χ1v) is 8.35. The second kappa shape index (κ2) is 9.96. The molecule has 2 aromatic carbocycles. The maximum atomic E-state index is 13.5. The van der Waals surface area contributed by atoms with Crippen molar-refractivity contribution in [2.75, 3.05) is 14.2 Å². The third-order valence-corrected chi connectivity index (χ3v) is 3.62. The normalized spacial score (nSPS) is 11.6. The van der Waals surface area contributed by atoms with Gasteiger partial charge < -0.3 is 14.2 Å². The second-order valence-corrected chi connectivity index (χ2v) is 5.65. The number of methoxy groups -OCH3 is 2. The van der Waals surface area contributed by atoms with E-state index in [0.29, 0.717) is 17.1 Å². The molecule has 0 unspecified atom stereocenters. The fraction of sp³-hybridized carbons (Fsp3) is 0.200. The van der Waals surface area contributed by atoms with Crippen molar-refractivity contribution in [1.29, 1.82) is 0 Å². The molecular formula is C20H21FN2O5. The molecule has 1 atom stereocenters. The molecule has 0 heterocycles. The highest BCUT2D eigenvalue weighted by Gasteiger charge is 2.16. The van der Waals surface area contributed by atoms with Gasteiger partial charge in [-0.15, -0.1) is 0 Å². The van der Waals surface area contributed by atoms with E-state index in [-0.39, 0.29) is 5.75 Å². The van der Waals surface area contributed by atoms with E-state index in [4.69, 9.17) is 14.2 Å². The number of rotatable bonds is 7. The maximum Gasteiger partial charge on any atom is 0.279 e. The Bertz CT molecular complexity index is 847. The Morgan fingerprint density at radius 1 is 1.04 bits per heavy atom. The van der Waals surface area contributed by atoms with Crippen LogP contribution in [0.5, 0.6) is 17.2 Å². The molecule has 148 valence electrons. The van der Waals surface area contributed by atoms with E-state index in [9.17, 15) is 14.0 Å². The zero-order chi connectivity index (χ0) is 20.5. The number of hydrazine groups is 1. The number of ether oxygens (including phenoxy) is 3. The van der Waals surface area contributed by atoms with Gasteiger partial charge in [0.2, 0.25) is 0 Å². The topological polar surface area (TPSA) is 85.9 Å². The minimum atomic E-state index is -1.01. The Morgan fingerprint density at radius 2 is 1.68 bits per heavy atom. The molecule has 2 N–H and O–H groups in total. The van der Waals surface area contributed by atoms with Crippen LogP contribution in [-0.4, -0.2) is 32.1 Å². The van der Waals surface area contributed by atoms with Crippen molar-refractivity contribution in [3.63, 3.8) is 0 Å². The van der Waals surface area contributed by atoms with Crippen LogP contribution in [0.15, 0.2) is 48.5 Å². The quantitative estimate of drug-likeness (QED) is 0.562. The highest BCUT2D eigenvalue weighted by molar-refractivity contribution is 5.93. The van der Waals surface area contributed by atoms with Crippen molar-refractivity contribution < 1.29 is 28.2 Å². The van der Waals surface area contributed by atoms with Gasteiger partial charge in [0, 0.05) is 12.1 Å². The summed E-state index contributed by atoms with van der Waals surface area (Å²) in [6.07, 6.45) is 1.76. The van der Waals surface area contributed by atoms with Crippen LogP contribution in [0.4, 0.5) is 4.39 Å². The van der Waals surface area contributed by atoms with Crippen molar-refractivity contribution in [2.45, 2.75) is 13.0 Å². The van der Waals surface area contributed by atoms with E-state index >= 15 is 0 Å². The Balaban J connectivity index is 1.88. The van der Waals surface area contributed by atoms with E-state index in [2.05, 4.69) is 10.9 Å². The minimum absolute atomic E-state index is 0.0525. The number of carbonyl (C=O) groups excluding carboxylic acids is 2. The lowest BCUT2D eigenvalue weighted by Crippen LogP contribution is -2.46. The molecule has 0 aliphatic rings. The molecule has 0 bridgehead atoms. The van der Waals surface area contributed by atoms with Gasteiger partial charge in [0.1, 0.15) is 11.5 Å². The SMILES string of the molecule is COc1cc(/C=C\C(=O)NNC(=O)[C@@H](C)Oc2ccccc2F)cc(OC)c1. The van der Waals surface area contributed by atoms with Crippen molar-refractivity contribution in [3.8, 4) is 17.2 Å². The molecule has 0 aromatic heterocycles. The average molecular weight is 388 g/mol. The van der Waals surface area contributed by atoms with E-state index < -0.39 is 23.7 Å². The van der Waals surface area contributed by atoms with Crippen LogP contribution in [0.3, 0.4) is 0 Å². The molecule has 0 aliphatic heterocycles. The third kappa shape index (κ3) is 6.01. The number of hydrogen-bond acceptors (Lipinski definition) is 5. The van der Waals surface area contributed by atoms with E-state index in [1.165, 1.54) is 51.5 Å². The van der Waals surface area contributed by atoms with Gasteiger partial charge >= 0.3 is 0 Å². The van der Waals surface area contributed by atoms with Gasteiger partial charge in [0.15, 0.2) is 17.7 Å². The molecule has 28 heavy (non-hydrogen) atoms. The van der Waals surface area contributed by atoms with Crippen molar-refractivity contribution in [1.82, 2.24) is 10.9 Å². The van der Waals surface area contributed by atoms with Gasteiger partial charge in [-0.2, -0.15) is 0 Å². The Hall–Kier alpha value is -3.55. The molecule has 8 heteroatoms. The highest BCUT2D eigenvalue weighted by atomic mass is 19.1. The molecule has 2 aromatic rings. The van der Waals surface area contributed by atoms with Crippen molar-refractivity contribution in [3.05, 3.63) is 59.9 Å². The maximum absolute atomic E-state index is 13.5. The summed E-state index contributed by atoms with van der Waals surface area (Å²) < 4.78 is 29.1. The van der Waals surface area contributed by atoms with Crippen LogP contribution >= 0.6 is 0 Å². The number of hydrogen-bond donors (Lipinski definition) is 2. The molecule has 0 saturated heterocycles. The molecule has 0 spiro atoms. The number of halogens is 1. The van der Waals surface area contributed by atoms with Crippen LogP contribution < -0.4 is 25.1 Å². The lowest BCUT2D eigenvalue weighted by Gasteiger charge is -2.15. The molecule has 7 nitrogen and oxygen atoms in total. The summed E-state index contributed by atoms with van der Waals surface area (Å²) in [7, 11) is 3.05. The number of para-hydroxylation sites is 1. The van der Waals surface area contributed by atoms with Gasteiger partial charge in [-0.25, -0.2) is 4.39 Å². The summed E-state index contributed by atoms with van der Waals surface area (Å²) in [6, 6.07) is 10.9. The third-order valence-electron chi connectivity index (χ3n) is 3.62. The summed E-state index contributed by atoms with van der Waals surface area (Å²) in [6.45, 7) is 1.44. The standard InChI is InChI=1S/C20H21FN2O5/c1-13(28-18-7-5-4-6-17(18)21)20(25)23-22-19(24)9-8-14-10-15(26-2)12-16(11-14)27-3/h4-13H,1-3H3,(H,22,24)(H,23,25)/b9-8-/t13-/m1/s1. The summed E-state index contributed by atoms with van der Waals surface area (Å²) in [5.74, 6) is -0.675. The number of nitrogens with one attached hydrogen (secondary N) is 2. The first-order valence-electron chi connectivity index (χ1n) is 8.35. The summed E-state index contributed by atoms with van der Waals surface area (Å²) in [5, 5.41) is 0. The molecule has 0 fully saturated rings. The first-order chi connectivity index (χ1) is 13.4. The van der Waals surface area contributed by atoms with Crippen molar-refractivity contribution in [2.24, 2.45) is 0 Å². The van der Waals surface area contributed by atoms with Crippen LogP contribution in [0.1, 0.15) is 12.5 Å². The van der Waals surface area contributed by atoms with Crippen LogP contribution in [-0.2, 0) is 9.59 Å². The fourth-order valence-electron chi connectivity index (χ4n) is 2.15. The number of amides is 2. The Labute approximate surface area is 162 Å². The molecule has 2 rings (SSSR count). The molecular weight excluding hydrogens is 367 g/mol. The highest BCUT2D eigenvalue weighted by Crippen LogP contribution is 2.23. The van der Waals surface area contributed by atoms with Crippen LogP contribution in [0, 0.1) is 5.82 Å². The fourth-order valence-corrected chi connectivity index (χ4v) is 2.15. The Kier molecular flexibility index (Phi) is 7.38. The van der Waals surface area contributed by atoms with Crippen molar-refractivity contribution >= 4 is 17.9 Å². The Morgan fingerprint density at radius 3 is 2.29 bits per heavy atom. The zero-order valence-electron chi connectivity index (χ0n) is 15.7. The first kappa shape index (κ1) is 20.8. The molecule has 0 aliphatic carbocycles. The average Bonchev–Trinajstić information content (AvgIpc) is 2.71. The van der Waals surface area contributed by atoms with Gasteiger partial charge in [0.05, 0.1) is 14.2 Å². The second-order valence-electron chi connectivity index (χ2n) is 5.65. The van der Waals surface area contributed by atoms with Gasteiger partial charge in [-0.1, -0.05) is 12.1 Å².